The van der Waals surface area contributed by atoms with Gasteiger partial charge in [-0.25, -0.2) is 0 Å². The maximum atomic E-state index is 12.5. The Morgan fingerprint density at radius 2 is 1.45 bits per heavy atom. The number of carbonyl (C=O) groups excluding carboxylic acids is 2. The summed E-state index contributed by atoms with van der Waals surface area (Å²) in [5.41, 5.74) is 1.48. The van der Waals surface area contributed by atoms with Gasteiger partial charge in [0.05, 0.1) is 0 Å². The van der Waals surface area contributed by atoms with E-state index in [1.807, 2.05) is 36.4 Å². The highest BCUT2D eigenvalue weighted by molar-refractivity contribution is 6.18. The highest BCUT2D eigenvalue weighted by atomic mass is 16.2. The molecule has 0 heterocycles. The van der Waals surface area contributed by atoms with Gasteiger partial charge in [-0.2, -0.15) is 0 Å². The summed E-state index contributed by atoms with van der Waals surface area (Å²) in [5, 5.41) is 0. The molecule has 1 unspecified atom stereocenters. The number of rotatable bonds is 6. The lowest BCUT2D eigenvalue weighted by molar-refractivity contribution is -0.117. The van der Waals surface area contributed by atoms with Gasteiger partial charge in [-0.15, -0.1) is 0 Å². The van der Waals surface area contributed by atoms with Gasteiger partial charge in [-0.05, 0) is 25.7 Å². The van der Waals surface area contributed by atoms with Crippen molar-refractivity contribution in [2.75, 3.05) is 14.1 Å². The summed E-state index contributed by atoms with van der Waals surface area (Å²) in [7, 11) is 3.47. The Kier molecular flexibility index (Phi) is 5.39. The van der Waals surface area contributed by atoms with Crippen LogP contribution in [0.2, 0.25) is 0 Å². The van der Waals surface area contributed by atoms with Gasteiger partial charge in [0.2, 0.25) is 0 Å². The molecule has 0 N–H and O–H groups in total. The van der Waals surface area contributed by atoms with Crippen molar-refractivity contribution in [1.29, 1.82) is 0 Å². The molecule has 0 saturated carbocycles. The van der Waals surface area contributed by atoms with Crippen LogP contribution in [0.4, 0.5) is 0 Å². The van der Waals surface area contributed by atoms with Gasteiger partial charge in [0.1, 0.15) is 6.04 Å². The van der Waals surface area contributed by atoms with E-state index in [0.29, 0.717) is 5.56 Å². The van der Waals surface area contributed by atoms with Crippen LogP contribution in [0.25, 0.3) is 6.08 Å². The zero-order valence-electron chi connectivity index (χ0n) is 12.8. The van der Waals surface area contributed by atoms with Crippen LogP contribution in [0.1, 0.15) is 15.9 Å². The highest BCUT2D eigenvalue weighted by Crippen LogP contribution is 2.10. The molecule has 1 atom stereocenters. The lowest BCUT2D eigenvalue weighted by Crippen LogP contribution is -2.41. The van der Waals surface area contributed by atoms with Gasteiger partial charge in [0, 0.05) is 5.56 Å². The Balaban J connectivity index is 2.19. The zero-order chi connectivity index (χ0) is 15.9. The number of ketones is 2. The number of hydrogen-bond acceptors (Lipinski definition) is 3. The molecule has 3 nitrogen and oxygen atoms in total. The first-order valence-electron chi connectivity index (χ1n) is 7.12. The zero-order valence-corrected chi connectivity index (χ0v) is 12.8. The molecule has 22 heavy (non-hydrogen) atoms. The van der Waals surface area contributed by atoms with Gasteiger partial charge in [0.25, 0.3) is 0 Å². The molecule has 0 aliphatic carbocycles. The van der Waals surface area contributed by atoms with E-state index in [9.17, 15) is 9.59 Å². The van der Waals surface area contributed by atoms with Crippen LogP contribution in [-0.4, -0.2) is 36.6 Å². The van der Waals surface area contributed by atoms with E-state index in [0.717, 1.165) is 5.56 Å². The minimum absolute atomic E-state index is 0.187. The second-order valence-corrected chi connectivity index (χ2v) is 5.24. The average Bonchev–Trinajstić information content (AvgIpc) is 2.54. The second-order valence-electron chi connectivity index (χ2n) is 5.24. The summed E-state index contributed by atoms with van der Waals surface area (Å²) in [6, 6.07) is 17.6. The standard InChI is InChI=1S/C19H19NO2/c1-20(2)18(19(22)16-11-7-4-8-12-16)17(21)14-13-15-9-5-3-6-10-15/h3-14,18H,1-2H3. The van der Waals surface area contributed by atoms with Crippen molar-refractivity contribution in [2.45, 2.75) is 6.04 Å². The second kappa shape index (κ2) is 7.48. The Morgan fingerprint density at radius 3 is 2.00 bits per heavy atom. The molecule has 0 aromatic heterocycles. The van der Waals surface area contributed by atoms with E-state index in [1.54, 1.807) is 49.3 Å². The molecule has 0 aliphatic rings. The van der Waals surface area contributed by atoms with Gasteiger partial charge >= 0.3 is 0 Å². The van der Waals surface area contributed by atoms with E-state index in [-0.39, 0.29) is 11.6 Å². The Bertz CT molecular complexity index is 660. The summed E-state index contributed by atoms with van der Waals surface area (Å²) < 4.78 is 0. The van der Waals surface area contributed by atoms with Gasteiger partial charge < -0.3 is 0 Å². The largest absolute Gasteiger partial charge is 0.293 e. The van der Waals surface area contributed by atoms with Crippen LogP contribution >= 0.6 is 0 Å². The number of carbonyl (C=O) groups is 2. The number of Topliss-reactive ketones (excluding diaryl/α,β-unsaturated/α-hetero) is 1. The molecule has 0 fully saturated rings. The molecule has 112 valence electrons. The number of hydrogen-bond donors (Lipinski definition) is 0. The van der Waals surface area contributed by atoms with Crippen molar-refractivity contribution >= 4 is 17.6 Å². The molecule has 0 saturated heterocycles. The summed E-state index contributed by atoms with van der Waals surface area (Å²) in [6.45, 7) is 0. The van der Waals surface area contributed by atoms with E-state index in [2.05, 4.69) is 0 Å². The van der Waals surface area contributed by atoms with E-state index >= 15 is 0 Å². The topological polar surface area (TPSA) is 37.4 Å². The fraction of sp³-hybridized carbons (Fsp3) is 0.158. The average molecular weight is 293 g/mol. The highest BCUT2D eigenvalue weighted by Gasteiger charge is 2.27. The van der Waals surface area contributed by atoms with Crippen LogP contribution in [-0.2, 0) is 4.79 Å². The lowest BCUT2D eigenvalue weighted by atomic mass is 9.99. The fourth-order valence-electron chi connectivity index (χ4n) is 2.21. The van der Waals surface area contributed by atoms with Crippen LogP contribution in [0.5, 0.6) is 0 Å². The first-order chi connectivity index (χ1) is 10.6. The maximum Gasteiger partial charge on any atom is 0.187 e. The lowest BCUT2D eigenvalue weighted by Gasteiger charge is -2.20. The maximum absolute atomic E-state index is 12.5. The third kappa shape index (κ3) is 3.99. The third-order valence-electron chi connectivity index (χ3n) is 3.33. The first kappa shape index (κ1) is 15.9. The molecular weight excluding hydrogens is 274 g/mol. The summed E-state index contributed by atoms with van der Waals surface area (Å²) >= 11 is 0. The monoisotopic (exact) mass is 293 g/mol. The molecule has 0 amide bonds. The summed E-state index contributed by atoms with van der Waals surface area (Å²) in [4.78, 5) is 26.6. The molecule has 2 aromatic rings. The van der Waals surface area contributed by atoms with Crippen LogP contribution < -0.4 is 0 Å². The van der Waals surface area contributed by atoms with Gasteiger partial charge in [0.15, 0.2) is 11.6 Å². The molecule has 0 bridgehead atoms. The normalized spacial score (nSPS) is 12.5. The minimum atomic E-state index is -0.803. The predicted molar refractivity (Wildman–Crippen MR) is 88.7 cm³/mol. The smallest absolute Gasteiger partial charge is 0.187 e. The van der Waals surface area contributed by atoms with E-state index in [4.69, 9.17) is 0 Å². The van der Waals surface area contributed by atoms with Crippen molar-refractivity contribution in [3.63, 3.8) is 0 Å². The van der Waals surface area contributed by atoms with Crippen molar-refractivity contribution in [3.05, 3.63) is 77.9 Å². The van der Waals surface area contributed by atoms with Crippen LogP contribution in [0.3, 0.4) is 0 Å². The van der Waals surface area contributed by atoms with Crippen LogP contribution in [0, 0.1) is 0 Å². The van der Waals surface area contributed by atoms with Crippen molar-refractivity contribution in [1.82, 2.24) is 4.90 Å². The quantitative estimate of drug-likeness (QED) is 0.466. The molecular formula is C19H19NO2. The molecule has 3 heteroatoms. The van der Waals surface area contributed by atoms with Gasteiger partial charge in [-0.1, -0.05) is 66.7 Å². The third-order valence-corrected chi connectivity index (χ3v) is 3.33. The molecule has 0 radical (unpaired) electrons. The van der Waals surface area contributed by atoms with E-state index < -0.39 is 6.04 Å². The molecule has 2 aromatic carbocycles. The first-order valence-corrected chi connectivity index (χ1v) is 7.12. The SMILES string of the molecule is CN(C)C(C(=O)C=Cc1ccccc1)C(=O)c1ccccc1. The van der Waals surface area contributed by atoms with Gasteiger partial charge in [-0.3, -0.25) is 14.5 Å². The predicted octanol–water partition coefficient (Wildman–Crippen LogP) is 3.08. The number of likely N-dealkylation sites (N-methyl/N-ethyl adjacent to an activating group) is 1. The van der Waals surface area contributed by atoms with Crippen molar-refractivity contribution < 1.29 is 9.59 Å². The van der Waals surface area contributed by atoms with Crippen molar-refractivity contribution in [3.8, 4) is 0 Å². The fourth-order valence-corrected chi connectivity index (χ4v) is 2.21. The molecule has 0 aliphatic heterocycles. The molecule has 2 rings (SSSR count). The summed E-state index contributed by atoms with van der Waals surface area (Å²) in [5.74, 6) is -0.406. The molecule has 0 spiro atoms. The summed E-state index contributed by atoms with van der Waals surface area (Å²) in [6.07, 6.45) is 3.21. The Hall–Kier alpha value is -2.52. The Morgan fingerprint density at radius 1 is 0.909 bits per heavy atom. The van der Waals surface area contributed by atoms with Crippen LogP contribution in [0.15, 0.2) is 66.7 Å². The Labute approximate surface area is 130 Å². The number of benzene rings is 2. The van der Waals surface area contributed by atoms with Crippen molar-refractivity contribution in [2.24, 2.45) is 0 Å². The minimum Gasteiger partial charge on any atom is -0.293 e. The van der Waals surface area contributed by atoms with E-state index in [1.165, 1.54) is 6.08 Å². The number of nitrogens with zero attached hydrogens (tertiary/aromatic N) is 1.